The number of hydrogen-bond donors (Lipinski definition) is 0. The second-order valence-corrected chi connectivity index (χ2v) is 6.08. The van der Waals surface area contributed by atoms with Crippen molar-refractivity contribution in [1.29, 1.82) is 5.26 Å². The Morgan fingerprint density at radius 3 is 2.70 bits per heavy atom. The van der Waals surface area contributed by atoms with Crippen molar-refractivity contribution in [3.8, 4) is 6.07 Å². The van der Waals surface area contributed by atoms with Gasteiger partial charge in [-0.1, -0.05) is 18.2 Å². The molecular formula is C19H21N3O. The summed E-state index contributed by atoms with van der Waals surface area (Å²) in [6.45, 7) is 3.65. The molecular weight excluding hydrogens is 286 g/mol. The summed E-state index contributed by atoms with van der Waals surface area (Å²) < 4.78 is 5.42. The number of likely N-dealkylation sites (tertiary alicyclic amines) is 1. The summed E-state index contributed by atoms with van der Waals surface area (Å²) in [6.07, 6.45) is 1.86. The Hall–Kier alpha value is -2.22. The molecule has 0 amide bonds. The third-order valence-electron chi connectivity index (χ3n) is 4.45. The Labute approximate surface area is 137 Å². The molecule has 23 heavy (non-hydrogen) atoms. The molecule has 118 valence electrons. The smallest absolute Gasteiger partial charge is 0.0991 e. The monoisotopic (exact) mass is 307 g/mol. The number of benzene rings is 1. The molecule has 3 rings (SSSR count). The van der Waals surface area contributed by atoms with Crippen LogP contribution in [0.1, 0.15) is 22.7 Å². The first-order valence-corrected chi connectivity index (χ1v) is 7.91. The van der Waals surface area contributed by atoms with Gasteiger partial charge in [0.25, 0.3) is 0 Å². The van der Waals surface area contributed by atoms with Crippen LogP contribution in [0.25, 0.3) is 0 Å². The van der Waals surface area contributed by atoms with E-state index in [4.69, 9.17) is 10.00 Å². The van der Waals surface area contributed by atoms with E-state index in [0.29, 0.717) is 17.4 Å². The van der Waals surface area contributed by atoms with Gasteiger partial charge in [0.1, 0.15) is 0 Å². The van der Waals surface area contributed by atoms with E-state index in [-0.39, 0.29) is 0 Å². The second kappa shape index (κ2) is 7.36. The van der Waals surface area contributed by atoms with Crippen LogP contribution in [-0.2, 0) is 11.3 Å². The minimum absolute atomic E-state index is 0.412. The lowest BCUT2D eigenvalue weighted by atomic mass is 9.93. The van der Waals surface area contributed by atoms with Gasteiger partial charge in [-0.3, -0.25) is 9.88 Å². The minimum Gasteiger partial charge on any atom is -0.384 e. The molecule has 0 bridgehead atoms. The summed E-state index contributed by atoms with van der Waals surface area (Å²) in [5.41, 5.74) is 3.09. The van der Waals surface area contributed by atoms with Gasteiger partial charge in [-0.15, -0.1) is 0 Å². The number of nitriles is 1. The highest BCUT2D eigenvalue weighted by Gasteiger charge is 2.34. The molecule has 1 aromatic carbocycles. The molecule has 1 saturated heterocycles. The molecule has 1 aliphatic heterocycles. The maximum atomic E-state index is 8.89. The van der Waals surface area contributed by atoms with Crippen LogP contribution in [0.2, 0.25) is 0 Å². The molecule has 1 aromatic heterocycles. The fourth-order valence-corrected chi connectivity index (χ4v) is 3.35. The van der Waals surface area contributed by atoms with Crippen LogP contribution in [-0.4, -0.2) is 36.7 Å². The number of methoxy groups -OCH3 is 1. The van der Waals surface area contributed by atoms with Crippen LogP contribution in [0.4, 0.5) is 0 Å². The van der Waals surface area contributed by atoms with E-state index < -0.39 is 0 Å². The lowest BCUT2D eigenvalue weighted by Crippen LogP contribution is -2.21. The van der Waals surface area contributed by atoms with E-state index in [2.05, 4.69) is 28.1 Å². The highest BCUT2D eigenvalue weighted by atomic mass is 16.5. The molecule has 0 aliphatic carbocycles. The van der Waals surface area contributed by atoms with Crippen molar-refractivity contribution in [2.24, 2.45) is 5.92 Å². The van der Waals surface area contributed by atoms with Gasteiger partial charge in [0, 0.05) is 50.5 Å². The maximum Gasteiger partial charge on any atom is 0.0991 e. The Bertz CT molecular complexity index is 663. The zero-order valence-electron chi connectivity index (χ0n) is 13.4. The van der Waals surface area contributed by atoms with Gasteiger partial charge < -0.3 is 4.74 Å². The largest absolute Gasteiger partial charge is 0.384 e. The molecule has 0 N–H and O–H groups in total. The molecule has 0 radical (unpaired) electrons. The highest BCUT2D eigenvalue weighted by Crippen LogP contribution is 2.32. The van der Waals surface area contributed by atoms with E-state index in [9.17, 15) is 0 Å². The molecule has 4 heteroatoms. The molecule has 2 heterocycles. The lowest BCUT2D eigenvalue weighted by molar-refractivity contribution is 0.147. The second-order valence-electron chi connectivity index (χ2n) is 6.08. The number of aromatic nitrogens is 1. The molecule has 2 atom stereocenters. The normalized spacial score (nSPS) is 21.2. The number of ether oxygens (including phenoxy) is 1. The number of hydrogen-bond acceptors (Lipinski definition) is 4. The van der Waals surface area contributed by atoms with Crippen molar-refractivity contribution in [2.45, 2.75) is 12.5 Å². The van der Waals surface area contributed by atoms with Gasteiger partial charge in [0.15, 0.2) is 0 Å². The zero-order valence-corrected chi connectivity index (χ0v) is 13.4. The number of pyridine rings is 1. The Balaban J connectivity index is 1.71. The third-order valence-corrected chi connectivity index (χ3v) is 4.45. The first-order valence-electron chi connectivity index (χ1n) is 7.91. The van der Waals surface area contributed by atoms with E-state index in [1.165, 1.54) is 5.56 Å². The molecule has 0 spiro atoms. The van der Waals surface area contributed by atoms with Crippen LogP contribution in [0.3, 0.4) is 0 Å². The zero-order chi connectivity index (χ0) is 16.1. The molecule has 2 aromatic rings. The fourth-order valence-electron chi connectivity index (χ4n) is 3.35. The van der Waals surface area contributed by atoms with Gasteiger partial charge in [-0.2, -0.15) is 5.26 Å². The van der Waals surface area contributed by atoms with Crippen LogP contribution in [0.15, 0.2) is 48.7 Å². The Kier molecular flexibility index (Phi) is 5.02. The summed E-state index contributed by atoms with van der Waals surface area (Å²) in [5, 5.41) is 8.89. The van der Waals surface area contributed by atoms with Gasteiger partial charge in [0.05, 0.1) is 18.2 Å². The van der Waals surface area contributed by atoms with Crippen LogP contribution in [0.5, 0.6) is 0 Å². The quantitative estimate of drug-likeness (QED) is 0.852. The first-order chi connectivity index (χ1) is 11.3. The van der Waals surface area contributed by atoms with Crippen LogP contribution >= 0.6 is 0 Å². The predicted octanol–water partition coefficient (Wildman–Crippen LogP) is 2.82. The first kappa shape index (κ1) is 15.7. The Morgan fingerprint density at radius 2 is 2.04 bits per heavy atom. The van der Waals surface area contributed by atoms with E-state index >= 15 is 0 Å². The van der Waals surface area contributed by atoms with Crippen molar-refractivity contribution in [3.05, 3.63) is 65.5 Å². The summed E-state index contributed by atoms with van der Waals surface area (Å²) in [7, 11) is 1.76. The Morgan fingerprint density at radius 1 is 1.22 bits per heavy atom. The summed E-state index contributed by atoms with van der Waals surface area (Å²) in [6, 6.07) is 16.1. The predicted molar refractivity (Wildman–Crippen MR) is 88.8 cm³/mol. The van der Waals surface area contributed by atoms with Gasteiger partial charge in [-0.05, 0) is 29.8 Å². The van der Waals surface area contributed by atoms with Crippen molar-refractivity contribution < 1.29 is 4.74 Å². The minimum atomic E-state index is 0.412. The molecule has 0 saturated carbocycles. The highest BCUT2D eigenvalue weighted by molar-refractivity contribution is 5.31. The van der Waals surface area contributed by atoms with Gasteiger partial charge in [-0.25, -0.2) is 0 Å². The van der Waals surface area contributed by atoms with Crippen molar-refractivity contribution >= 4 is 0 Å². The number of nitrogens with zero attached hydrogens (tertiary/aromatic N) is 3. The summed E-state index contributed by atoms with van der Waals surface area (Å²) in [5.74, 6) is 0.878. The average Bonchev–Trinajstić information content (AvgIpc) is 2.99. The molecule has 0 unspecified atom stereocenters. The third kappa shape index (κ3) is 3.76. The van der Waals surface area contributed by atoms with Crippen molar-refractivity contribution in [3.63, 3.8) is 0 Å². The van der Waals surface area contributed by atoms with Gasteiger partial charge in [0.2, 0.25) is 0 Å². The SMILES string of the molecule is COC[C@@H]1CN(Cc2ccc(C#N)cc2)C[C@H]1c1ccccn1. The van der Waals surface area contributed by atoms with Crippen molar-refractivity contribution in [2.75, 3.05) is 26.8 Å². The van der Waals surface area contributed by atoms with E-state index in [1.54, 1.807) is 7.11 Å². The molecule has 4 nitrogen and oxygen atoms in total. The maximum absolute atomic E-state index is 8.89. The molecule has 1 fully saturated rings. The number of rotatable bonds is 5. The standard InChI is InChI=1S/C19H21N3O/c1-23-14-17-12-22(11-16-7-5-15(10-20)6-8-16)13-18(17)19-4-2-3-9-21-19/h2-9,17-18H,11-14H2,1H3/t17-,18+/m0/s1. The van der Waals surface area contributed by atoms with E-state index in [0.717, 1.165) is 31.9 Å². The van der Waals surface area contributed by atoms with Gasteiger partial charge >= 0.3 is 0 Å². The van der Waals surface area contributed by atoms with Crippen LogP contribution < -0.4 is 0 Å². The topological polar surface area (TPSA) is 49.1 Å². The van der Waals surface area contributed by atoms with Crippen LogP contribution in [0, 0.1) is 17.2 Å². The van der Waals surface area contributed by atoms with Crippen molar-refractivity contribution in [1.82, 2.24) is 9.88 Å². The summed E-state index contributed by atoms with van der Waals surface area (Å²) in [4.78, 5) is 6.99. The molecule has 1 aliphatic rings. The fraction of sp³-hybridized carbons (Fsp3) is 0.368. The van der Waals surface area contributed by atoms with E-state index in [1.807, 2.05) is 36.5 Å². The summed E-state index contributed by atoms with van der Waals surface area (Å²) >= 11 is 0. The lowest BCUT2D eigenvalue weighted by Gasteiger charge is -2.16. The average molecular weight is 307 g/mol.